The van der Waals surface area contributed by atoms with Crippen molar-refractivity contribution in [3.8, 4) is 0 Å². The van der Waals surface area contributed by atoms with Crippen molar-refractivity contribution < 1.29 is 13.9 Å². The van der Waals surface area contributed by atoms with Gasteiger partial charge in [-0.2, -0.15) is 0 Å². The van der Waals surface area contributed by atoms with E-state index in [4.69, 9.17) is 0 Å². The van der Waals surface area contributed by atoms with Crippen LogP contribution in [0.25, 0.3) is 0 Å². The fraction of sp³-hybridized carbons (Fsp3) is 0.846. The third-order valence-electron chi connectivity index (χ3n) is 4.13. The van der Waals surface area contributed by atoms with Crippen LogP contribution in [0.15, 0.2) is 11.6 Å². The van der Waals surface area contributed by atoms with Gasteiger partial charge in [0.1, 0.15) is 5.22 Å². The lowest BCUT2D eigenvalue weighted by Gasteiger charge is -2.44. The van der Waals surface area contributed by atoms with Crippen molar-refractivity contribution in [3.05, 3.63) is 11.6 Å². The molecule has 1 N–H and O–H groups in total. The Morgan fingerprint density at radius 1 is 1.18 bits per heavy atom. The van der Waals surface area contributed by atoms with Crippen LogP contribution in [0.2, 0.25) is 18.1 Å². The highest BCUT2D eigenvalue weighted by Gasteiger charge is 2.53. The first-order valence-corrected chi connectivity index (χ1v) is 9.05. The molecule has 0 radical (unpaired) electrons. The van der Waals surface area contributed by atoms with Gasteiger partial charge >= 0.3 is 0 Å². The summed E-state index contributed by atoms with van der Waals surface area (Å²) in [4.78, 5) is 0. The molecule has 4 heteroatoms. The fourth-order valence-electron chi connectivity index (χ4n) is 2.57. The molecule has 1 unspecified atom stereocenters. The number of rotatable bonds is 7. The Kier molecular flexibility index (Phi) is 6.55. The van der Waals surface area contributed by atoms with Crippen molar-refractivity contribution in [3.63, 3.8) is 0 Å². The maximum absolute atomic E-state index is 13.3. The number of allylic oxidation sites excluding steroid dienone is 1. The van der Waals surface area contributed by atoms with Gasteiger partial charge in [-0.05, 0) is 20.3 Å². The second-order valence-corrected chi connectivity index (χ2v) is 10.6. The lowest BCUT2D eigenvalue weighted by Crippen LogP contribution is -2.61. The Hall–Kier alpha value is -0.223. The number of alkyl halides is 2. The van der Waals surface area contributed by atoms with E-state index < -0.39 is 19.7 Å². The number of aliphatic hydroxyl groups is 1. The molecule has 1 nitrogen and oxygen atoms in total. The van der Waals surface area contributed by atoms with Gasteiger partial charge in [0, 0.05) is 0 Å². The smallest absolute Gasteiger partial charge is 0.264 e. The van der Waals surface area contributed by atoms with Gasteiger partial charge in [-0.25, -0.2) is 8.78 Å². The van der Waals surface area contributed by atoms with Crippen molar-refractivity contribution in [2.75, 3.05) is 0 Å². The third kappa shape index (κ3) is 3.38. The van der Waals surface area contributed by atoms with Gasteiger partial charge in [-0.3, -0.25) is 0 Å². The van der Waals surface area contributed by atoms with Gasteiger partial charge < -0.3 is 5.11 Å². The molecule has 102 valence electrons. The Balaban J connectivity index is 5.36. The van der Waals surface area contributed by atoms with E-state index in [9.17, 15) is 13.9 Å². The van der Waals surface area contributed by atoms with E-state index in [1.807, 2.05) is 34.6 Å². The first-order valence-electron chi connectivity index (χ1n) is 6.43. The molecule has 0 spiro atoms. The van der Waals surface area contributed by atoms with E-state index in [1.165, 1.54) is 0 Å². The highest BCUT2D eigenvalue weighted by atomic mass is 28.3. The summed E-state index contributed by atoms with van der Waals surface area (Å²) in [6.45, 7) is 9.57. The molecule has 0 aliphatic heterocycles. The molecule has 0 bridgehead atoms. The maximum Gasteiger partial charge on any atom is 0.264 e. The molecule has 0 saturated heterocycles. The Morgan fingerprint density at radius 2 is 1.59 bits per heavy atom. The zero-order chi connectivity index (χ0) is 13.7. The standard InChI is InChI=1S/C13H26F2OSi/c1-6-17(7-2,8-3)13(16,12(14)15)10-9-11(4)5/h9,12,16H,6-8,10H2,1-5H3. The van der Waals surface area contributed by atoms with Gasteiger partial charge in [-0.15, -0.1) is 0 Å². The van der Waals surface area contributed by atoms with E-state index in [0.29, 0.717) is 18.1 Å². The highest BCUT2D eigenvalue weighted by Crippen LogP contribution is 2.39. The van der Waals surface area contributed by atoms with Crippen LogP contribution in [0.1, 0.15) is 41.0 Å². The van der Waals surface area contributed by atoms with Crippen molar-refractivity contribution in [2.24, 2.45) is 0 Å². The van der Waals surface area contributed by atoms with Crippen LogP contribution in [0, 0.1) is 0 Å². The van der Waals surface area contributed by atoms with Crippen molar-refractivity contribution >= 4 is 8.07 Å². The molecule has 0 aromatic carbocycles. The number of hydrogen-bond donors (Lipinski definition) is 1. The molecular weight excluding hydrogens is 238 g/mol. The maximum atomic E-state index is 13.3. The van der Waals surface area contributed by atoms with E-state index >= 15 is 0 Å². The summed E-state index contributed by atoms with van der Waals surface area (Å²) in [5.41, 5.74) is 0.982. The minimum atomic E-state index is -2.65. The monoisotopic (exact) mass is 264 g/mol. The first kappa shape index (κ1) is 16.8. The topological polar surface area (TPSA) is 20.2 Å². The molecule has 0 fully saturated rings. The molecule has 0 aliphatic carbocycles. The zero-order valence-corrected chi connectivity index (χ0v) is 12.7. The normalized spacial score (nSPS) is 15.8. The van der Waals surface area contributed by atoms with E-state index in [2.05, 4.69) is 0 Å². The lowest BCUT2D eigenvalue weighted by molar-refractivity contribution is -0.0443. The number of halogens is 2. The van der Waals surface area contributed by atoms with Crippen LogP contribution in [-0.4, -0.2) is 24.8 Å². The van der Waals surface area contributed by atoms with Crippen molar-refractivity contribution in [2.45, 2.75) is 70.8 Å². The minimum absolute atomic E-state index is 0.0920. The highest BCUT2D eigenvalue weighted by molar-refractivity contribution is 6.82. The quantitative estimate of drug-likeness (QED) is 0.534. The predicted octanol–water partition coefficient (Wildman–Crippen LogP) is 4.39. The van der Waals surface area contributed by atoms with Crippen LogP contribution in [0.5, 0.6) is 0 Å². The largest absolute Gasteiger partial charge is 0.387 e. The summed E-state index contributed by atoms with van der Waals surface area (Å²) in [6, 6.07) is 2.12. The molecule has 0 amide bonds. The van der Waals surface area contributed by atoms with Crippen LogP contribution < -0.4 is 0 Å². The summed E-state index contributed by atoms with van der Waals surface area (Å²) >= 11 is 0. The molecule has 0 aromatic heterocycles. The fourth-order valence-corrected chi connectivity index (χ4v) is 6.90. The van der Waals surface area contributed by atoms with Gasteiger partial charge in [0.05, 0.1) is 8.07 Å². The Bertz CT molecular complexity index is 250. The molecule has 0 heterocycles. The summed E-state index contributed by atoms with van der Waals surface area (Å²) < 4.78 is 26.7. The average molecular weight is 264 g/mol. The van der Waals surface area contributed by atoms with Gasteiger partial charge in [-0.1, -0.05) is 50.6 Å². The van der Waals surface area contributed by atoms with Crippen molar-refractivity contribution in [1.82, 2.24) is 0 Å². The molecule has 0 aromatic rings. The number of hydrogen-bond acceptors (Lipinski definition) is 1. The molecule has 17 heavy (non-hydrogen) atoms. The van der Waals surface area contributed by atoms with Gasteiger partial charge in [0.2, 0.25) is 0 Å². The van der Waals surface area contributed by atoms with Crippen LogP contribution >= 0.6 is 0 Å². The third-order valence-corrected chi connectivity index (χ3v) is 10.5. The second-order valence-electron chi connectivity index (χ2n) is 5.05. The van der Waals surface area contributed by atoms with Crippen molar-refractivity contribution in [1.29, 1.82) is 0 Å². The zero-order valence-electron chi connectivity index (χ0n) is 11.7. The van der Waals surface area contributed by atoms with E-state index in [0.717, 1.165) is 5.57 Å². The lowest BCUT2D eigenvalue weighted by atomic mass is 10.2. The van der Waals surface area contributed by atoms with E-state index in [1.54, 1.807) is 6.08 Å². The van der Waals surface area contributed by atoms with Gasteiger partial charge in [0.25, 0.3) is 6.43 Å². The van der Waals surface area contributed by atoms with E-state index in [-0.39, 0.29) is 6.42 Å². The average Bonchev–Trinajstić information content (AvgIpc) is 2.29. The Morgan fingerprint density at radius 3 is 1.82 bits per heavy atom. The van der Waals surface area contributed by atoms with Gasteiger partial charge in [0.15, 0.2) is 0 Å². The van der Waals surface area contributed by atoms with Crippen LogP contribution in [0.3, 0.4) is 0 Å². The summed E-state index contributed by atoms with van der Waals surface area (Å²) in [5.74, 6) is 0. The molecule has 0 rings (SSSR count). The molecule has 0 aliphatic rings. The summed E-state index contributed by atoms with van der Waals surface area (Å²) in [5, 5.41) is 8.74. The Labute approximate surface area is 105 Å². The SMILES string of the molecule is CC[Si](CC)(CC)C(O)(CC=C(C)C)C(F)F. The molecule has 0 saturated carbocycles. The second kappa shape index (κ2) is 6.64. The minimum Gasteiger partial charge on any atom is -0.387 e. The van der Waals surface area contributed by atoms with Crippen LogP contribution in [0.4, 0.5) is 8.78 Å². The molecule has 1 atom stereocenters. The van der Waals surface area contributed by atoms with Crippen LogP contribution in [-0.2, 0) is 0 Å². The molecular formula is C13H26F2OSi. The predicted molar refractivity (Wildman–Crippen MR) is 72.2 cm³/mol. The summed E-state index contributed by atoms with van der Waals surface area (Å²) in [6.07, 6.45) is -0.812. The summed E-state index contributed by atoms with van der Waals surface area (Å²) in [7, 11) is -2.34. The first-order chi connectivity index (χ1) is 7.79.